The molecule has 0 saturated heterocycles. The molecule has 2 heterocycles. The van der Waals surface area contributed by atoms with Gasteiger partial charge in [-0.15, -0.1) is 0 Å². The summed E-state index contributed by atoms with van der Waals surface area (Å²) in [6.45, 7) is 0. The van der Waals surface area contributed by atoms with Gasteiger partial charge < -0.3 is 29.4 Å². The molecule has 0 bridgehead atoms. The molecule has 0 amide bonds. The van der Waals surface area contributed by atoms with Crippen LogP contribution in [0.3, 0.4) is 0 Å². The van der Waals surface area contributed by atoms with E-state index in [1.54, 1.807) is 14.1 Å². The van der Waals surface area contributed by atoms with Crippen LogP contribution in [0.1, 0.15) is 0 Å². The van der Waals surface area contributed by atoms with E-state index >= 15 is 0 Å². The topological polar surface area (TPSA) is 122 Å². The minimum Gasteiger partial charge on any atom is -0.358 e. The van der Waals surface area contributed by atoms with E-state index in [9.17, 15) is 20.2 Å². The van der Waals surface area contributed by atoms with Crippen LogP contribution >= 0.6 is 11.8 Å². The van der Waals surface area contributed by atoms with Gasteiger partial charge in [0.25, 0.3) is 0 Å². The lowest BCUT2D eigenvalue weighted by Crippen LogP contribution is -1.97. The first kappa shape index (κ1) is 13.0. The van der Waals surface area contributed by atoms with Crippen molar-refractivity contribution in [3.63, 3.8) is 0 Å². The molecule has 0 aromatic carbocycles. The highest BCUT2D eigenvalue weighted by atomic mass is 32.2. The molecule has 0 aliphatic rings. The maximum Gasteiger partial charge on any atom is 0.396 e. The fourth-order valence-electron chi connectivity index (χ4n) is 1.39. The summed E-state index contributed by atoms with van der Waals surface area (Å²) in [4.78, 5) is 27.7. The second kappa shape index (κ2) is 4.68. The predicted octanol–water partition coefficient (Wildman–Crippen LogP) is 1.12. The zero-order chi connectivity index (χ0) is 14.2. The lowest BCUT2D eigenvalue weighted by atomic mass is 10.7. The van der Waals surface area contributed by atoms with Crippen molar-refractivity contribution in [3.8, 4) is 0 Å². The molecule has 0 radical (unpaired) electrons. The van der Waals surface area contributed by atoms with Crippen LogP contribution in [-0.4, -0.2) is 28.9 Å². The summed E-state index contributed by atoms with van der Waals surface area (Å²) >= 11 is 0.882. The van der Waals surface area contributed by atoms with Crippen molar-refractivity contribution in [2.45, 2.75) is 10.1 Å². The van der Waals surface area contributed by atoms with E-state index in [-0.39, 0.29) is 21.7 Å². The first-order chi connectivity index (χ1) is 8.91. The molecule has 0 unspecified atom stereocenters. The van der Waals surface area contributed by atoms with E-state index in [0.717, 1.165) is 11.8 Å². The van der Waals surface area contributed by atoms with Crippen molar-refractivity contribution in [3.05, 3.63) is 32.9 Å². The van der Waals surface area contributed by atoms with Gasteiger partial charge in [0.05, 0.1) is 0 Å². The zero-order valence-corrected chi connectivity index (χ0v) is 10.7. The minimum atomic E-state index is -0.634. The van der Waals surface area contributed by atoms with Crippen molar-refractivity contribution >= 4 is 23.4 Å². The number of aryl methyl sites for hydroxylation is 2. The van der Waals surface area contributed by atoms with Crippen molar-refractivity contribution in [1.82, 2.24) is 19.1 Å². The summed E-state index contributed by atoms with van der Waals surface area (Å²) < 4.78 is 2.86. The SMILES string of the molecule is Cn1cnc([N+](=O)[O-])c1Sc1c([N+](=O)[O-])ncn1C. The molecule has 0 atom stereocenters. The number of nitro groups is 2. The lowest BCUT2D eigenvalue weighted by Gasteiger charge is -2.02. The minimum absolute atomic E-state index is 0.205. The number of aromatic nitrogens is 4. The Labute approximate surface area is 110 Å². The van der Waals surface area contributed by atoms with Gasteiger partial charge in [-0.2, -0.15) is 0 Å². The Balaban J connectivity index is 2.47. The molecule has 2 rings (SSSR count). The largest absolute Gasteiger partial charge is 0.396 e. The van der Waals surface area contributed by atoms with Gasteiger partial charge in [-0.05, 0) is 31.6 Å². The fraction of sp³-hybridized carbons (Fsp3) is 0.250. The average molecular weight is 284 g/mol. The monoisotopic (exact) mass is 284 g/mol. The van der Waals surface area contributed by atoms with E-state index in [4.69, 9.17) is 0 Å². The van der Waals surface area contributed by atoms with Crippen LogP contribution in [0.2, 0.25) is 0 Å². The van der Waals surface area contributed by atoms with Crippen LogP contribution in [0.5, 0.6) is 0 Å². The Bertz CT molecular complexity index is 606. The van der Waals surface area contributed by atoms with Crippen LogP contribution in [-0.2, 0) is 14.1 Å². The van der Waals surface area contributed by atoms with E-state index in [1.165, 1.54) is 21.8 Å². The van der Waals surface area contributed by atoms with Crippen LogP contribution in [0, 0.1) is 20.2 Å². The van der Waals surface area contributed by atoms with Crippen molar-refractivity contribution < 1.29 is 9.85 Å². The maximum absolute atomic E-state index is 10.8. The van der Waals surface area contributed by atoms with Gasteiger partial charge in [0, 0.05) is 14.1 Å². The molecular formula is C8H8N6O4S. The first-order valence-corrected chi connectivity index (χ1v) is 5.72. The van der Waals surface area contributed by atoms with Gasteiger partial charge in [0.15, 0.2) is 10.1 Å². The third-order valence-corrected chi connectivity index (χ3v) is 3.60. The summed E-state index contributed by atoms with van der Waals surface area (Å²) in [5, 5.41) is 22.1. The number of hydrogen-bond acceptors (Lipinski definition) is 7. The molecule has 0 saturated carbocycles. The highest BCUT2D eigenvalue weighted by Gasteiger charge is 2.28. The summed E-state index contributed by atoms with van der Waals surface area (Å²) in [6, 6.07) is 0. The normalized spacial score (nSPS) is 10.6. The molecule has 100 valence electrons. The molecular weight excluding hydrogens is 276 g/mol. The van der Waals surface area contributed by atoms with Crippen LogP contribution in [0.25, 0.3) is 0 Å². The Morgan fingerprint density at radius 3 is 1.68 bits per heavy atom. The number of hydrogen-bond donors (Lipinski definition) is 0. The smallest absolute Gasteiger partial charge is 0.358 e. The fourth-order valence-corrected chi connectivity index (χ4v) is 2.39. The number of imidazole rings is 2. The predicted molar refractivity (Wildman–Crippen MR) is 63.8 cm³/mol. The molecule has 19 heavy (non-hydrogen) atoms. The standard InChI is InChI=1S/C8H8N6O4S/c1-11-3-9-5(13(15)16)7(11)19-8-6(14(17)18)10-4-12(8)2/h3-4H,1-2H3. The van der Waals surface area contributed by atoms with Gasteiger partial charge in [-0.25, -0.2) is 0 Å². The maximum atomic E-state index is 10.8. The van der Waals surface area contributed by atoms with Crippen LogP contribution in [0.15, 0.2) is 22.7 Å². The Morgan fingerprint density at radius 2 is 1.37 bits per heavy atom. The molecule has 2 aromatic rings. The van der Waals surface area contributed by atoms with Crippen LogP contribution in [0.4, 0.5) is 11.6 Å². The highest BCUT2D eigenvalue weighted by Crippen LogP contribution is 2.37. The van der Waals surface area contributed by atoms with Crippen molar-refractivity contribution in [2.24, 2.45) is 14.1 Å². The van der Waals surface area contributed by atoms with Crippen molar-refractivity contribution in [2.75, 3.05) is 0 Å². The summed E-state index contributed by atoms with van der Waals surface area (Å²) in [7, 11) is 3.15. The van der Waals surface area contributed by atoms with E-state index in [0.29, 0.717) is 0 Å². The van der Waals surface area contributed by atoms with Crippen molar-refractivity contribution in [1.29, 1.82) is 0 Å². The second-order valence-electron chi connectivity index (χ2n) is 3.58. The third-order valence-electron chi connectivity index (χ3n) is 2.27. The average Bonchev–Trinajstić information content (AvgIpc) is 2.85. The van der Waals surface area contributed by atoms with Gasteiger partial charge in [0.1, 0.15) is 0 Å². The van der Waals surface area contributed by atoms with E-state index in [1.807, 2.05) is 0 Å². The second-order valence-corrected chi connectivity index (χ2v) is 4.56. The molecule has 0 aliphatic carbocycles. The molecule has 10 nitrogen and oxygen atoms in total. The molecule has 0 aliphatic heterocycles. The quantitative estimate of drug-likeness (QED) is 0.608. The zero-order valence-electron chi connectivity index (χ0n) is 9.88. The number of nitrogens with zero attached hydrogens (tertiary/aromatic N) is 6. The van der Waals surface area contributed by atoms with E-state index < -0.39 is 9.85 Å². The first-order valence-electron chi connectivity index (χ1n) is 4.91. The lowest BCUT2D eigenvalue weighted by molar-refractivity contribution is -0.392. The molecule has 0 spiro atoms. The molecule has 0 fully saturated rings. The number of rotatable bonds is 4. The third kappa shape index (κ3) is 2.27. The Morgan fingerprint density at radius 1 is 1.00 bits per heavy atom. The van der Waals surface area contributed by atoms with Gasteiger partial charge in [0.2, 0.25) is 12.7 Å². The molecule has 0 N–H and O–H groups in total. The highest BCUT2D eigenvalue weighted by molar-refractivity contribution is 7.99. The summed E-state index contributed by atoms with van der Waals surface area (Å²) in [6.07, 6.45) is 2.56. The summed E-state index contributed by atoms with van der Waals surface area (Å²) in [5.41, 5.74) is 0. The molecule has 2 aromatic heterocycles. The van der Waals surface area contributed by atoms with Crippen LogP contribution < -0.4 is 0 Å². The van der Waals surface area contributed by atoms with Gasteiger partial charge in [-0.3, -0.25) is 0 Å². The summed E-state index contributed by atoms with van der Waals surface area (Å²) in [5.74, 6) is -0.689. The Hall–Kier alpha value is -2.43. The Kier molecular flexibility index (Phi) is 3.21. The van der Waals surface area contributed by atoms with E-state index in [2.05, 4.69) is 9.97 Å². The molecule has 11 heteroatoms. The van der Waals surface area contributed by atoms with Gasteiger partial charge in [-0.1, -0.05) is 0 Å². The van der Waals surface area contributed by atoms with Gasteiger partial charge >= 0.3 is 11.6 Å².